The fourth-order valence-electron chi connectivity index (χ4n) is 2.05. The number of aryl methyl sites for hydroxylation is 1. The van der Waals surface area contributed by atoms with Crippen molar-refractivity contribution in [2.45, 2.75) is 13.5 Å². The molecule has 0 fully saturated rings. The van der Waals surface area contributed by atoms with E-state index in [4.69, 9.17) is 11.6 Å². The third-order valence-electron chi connectivity index (χ3n) is 2.95. The van der Waals surface area contributed by atoms with Crippen molar-refractivity contribution in [2.75, 3.05) is 0 Å². The van der Waals surface area contributed by atoms with Crippen molar-refractivity contribution in [3.8, 4) is 11.4 Å². The first kappa shape index (κ1) is 11.9. The molecule has 0 unspecified atom stereocenters. The molecule has 5 nitrogen and oxygen atoms in total. The molecule has 6 heteroatoms. The number of carbonyl (C=O) groups excluding carboxylic acids is 1. The Kier molecular flexibility index (Phi) is 2.83. The third kappa shape index (κ3) is 1.82. The molecule has 0 saturated carbocycles. The lowest BCUT2D eigenvalue weighted by atomic mass is 10.2. The van der Waals surface area contributed by atoms with E-state index in [-0.39, 0.29) is 0 Å². The summed E-state index contributed by atoms with van der Waals surface area (Å²) in [4.78, 5) is 15.4. The summed E-state index contributed by atoms with van der Waals surface area (Å²) in [6, 6.07) is 5.62. The van der Waals surface area contributed by atoms with Crippen molar-refractivity contribution < 1.29 is 4.79 Å². The first-order chi connectivity index (χ1) is 9.24. The molecule has 3 aromatic rings. The average Bonchev–Trinajstić information content (AvgIpc) is 2.97. The van der Waals surface area contributed by atoms with Gasteiger partial charge in [-0.1, -0.05) is 17.7 Å². The lowest BCUT2D eigenvalue weighted by molar-refractivity contribution is 0.112. The van der Waals surface area contributed by atoms with Gasteiger partial charge in [-0.2, -0.15) is 5.10 Å². The van der Waals surface area contributed by atoms with Crippen LogP contribution >= 0.6 is 11.6 Å². The number of hydrogen-bond acceptors (Lipinski definition) is 3. The SMILES string of the molecule is CCn1cc(C=O)c(-c2c(Cl)nc3ccccn23)n1. The number of carbonyl (C=O) groups is 1. The van der Waals surface area contributed by atoms with Gasteiger partial charge in [0.1, 0.15) is 17.0 Å². The van der Waals surface area contributed by atoms with E-state index in [1.807, 2.05) is 35.7 Å². The van der Waals surface area contributed by atoms with Gasteiger partial charge < -0.3 is 0 Å². The quantitative estimate of drug-likeness (QED) is 0.690. The number of imidazole rings is 1. The number of nitrogens with zero attached hydrogens (tertiary/aromatic N) is 4. The molecule has 0 N–H and O–H groups in total. The summed E-state index contributed by atoms with van der Waals surface area (Å²) in [6.45, 7) is 2.65. The van der Waals surface area contributed by atoms with Crippen LogP contribution in [0.1, 0.15) is 17.3 Å². The Morgan fingerprint density at radius 1 is 1.42 bits per heavy atom. The number of fused-ring (bicyclic) bond motifs is 1. The van der Waals surface area contributed by atoms with Crippen LogP contribution in [0, 0.1) is 0 Å². The molecule has 0 aromatic carbocycles. The molecule has 0 aliphatic carbocycles. The minimum absolute atomic E-state index is 0.343. The Bertz CT molecular complexity index is 759. The summed E-state index contributed by atoms with van der Waals surface area (Å²) in [5.41, 5.74) is 2.44. The van der Waals surface area contributed by atoms with Gasteiger partial charge in [0.25, 0.3) is 0 Å². The van der Waals surface area contributed by atoms with Crippen molar-refractivity contribution >= 4 is 23.5 Å². The second-order valence-corrected chi connectivity index (χ2v) is 4.44. The standard InChI is InChI=1S/C13H11ClN4O/c1-2-17-7-9(8-19)11(16-17)12-13(14)15-10-5-3-4-6-18(10)12/h3-8H,2H2,1H3. The Morgan fingerprint density at radius 2 is 2.26 bits per heavy atom. The second-order valence-electron chi connectivity index (χ2n) is 4.09. The van der Waals surface area contributed by atoms with Gasteiger partial charge >= 0.3 is 0 Å². The van der Waals surface area contributed by atoms with Gasteiger partial charge in [0.15, 0.2) is 11.4 Å². The van der Waals surface area contributed by atoms with E-state index in [0.717, 1.165) is 11.9 Å². The number of halogens is 1. The molecule has 0 spiro atoms. The Balaban J connectivity index is 2.32. The van der Waals surface area contributed by atoms with E-state index in [1.54, 1.807) is 10.9 Å². The average molecular weight is 275 g/mol. The third-order valence-corrected chi connectivity index (χ3v) is 3.22. The summed E-state index contributed by atoms with van der Waals surface area (Å²) >= 11 is 6.19. The molecule has 0 amide bonds. The zero-order valence-corrected chi connectivity index (χ0v) is 11.0. The highest BCUT2D eigenvalue weighted by atomic mass is 35.5. The molecular formula is C13H11ClN4O. The Labute approximate surface area is 114 Å². The molecule has 19 heavy (non-hydrogen) atoms. The summed E-state index contributed by atoms with van der Waals surface area (Å²) in [5.74, 6) is 0. The maximum absolute atomic E-state index is 11.2. The van der Waals surface area contributed by atoms with Crippen LogP contribution in [0.25, 0.3) is 17.0 Å². The van der Waals surface area contributed by atoms with E-state index < -0.39 is 0 Å². The molecule has 0 atom stereocenters. The predicted molar refractivity (Wildman–Crippen MR) is 72.5 cm³/mol. The van der Waals surface area contributed by atoms with Crippen molar-refractivity contribution in [1.29, 1.82) is 0 Å². The van der Waals surface area contributed by atoms with Crippen LogP contribution in [-0.4, -0.2) is 25.5 Å². The normalized spacial score (nSPS) is 11.1. The van der Waals surface area contributed by atoms with Gasteiger partial charge in [0, 0.05) is 18.9 Å². The molecule has 0 aliphatic rings. The van der Waals surface area contributed by atoms with E-state index >= 15 is 0 Å². The molecule has 3 heterocycles. The molecular weight excluding hydrogens is 264 g/mol. The van der Waals surface area contributed by atoms with Gasteiger partial charge in [-0.3, -0.25) is 13.9 Å². The van der Waals surface area contributed by atoms with Crippen molar-refractivity contribution in [3.05, 3.63) is 41.3 Å². The Hall–Kier alpha value is -2.14. The van der Waals surface area contributed by atoms with Crippen LogP contribution in [0.4, 0.5) is 0 Å². The minimum Gasteiger partial charge on any atom is -0.298 e. The molecule has 0 bridgehead atoms. The first-order valence-electron chi connectivity index (χ1n) is 5.90. The summed E-state index contributed by atoms with van der Waals surface area (Å²) in [5, 5.41) is 4.74. The van der Waals surface area contributed by atoms with E-state index in [1.165, 1.54) is 0 Å². The smallest absolute Gasteiger partial charge is 0.157 e. The number of rotatable bonds is 3. The predicted octanol–water partition coefficient (Wildman–Crippen LogP) is 2.68. The topological polar surface area (TPSA) is 52.2 Å². The molecule has 0 aliphatic heterocycles. The van der Waals surface area contributed by atoms with Crippen molar-refractivity contribution in [3.63, 3.8) is 0 Å². The first-order valence-corrected chi connectivity index (χ1v) is 6.28. The molecule has 0 radical (unpaired) electrons. The van der Waals surface area contributed by atoms with Crippen molar-refractivity contribution in [1.82, 2.24) is 19.2 Å². The molecule has 0 saturated heterocycles. The zero-order valence-electron chi connectivity index (χ0n) is 10.2. The van der Waals surface area contributed by atoms with Crippen molar-refractivity contribution in [2.24, 2.45) is 0 Å². The highest BCUT2D eigenvalue weighted by Crippen LogP contribution is 2.29. The highest BCUT2D eigenvalue weighted by Gasteiger charge is 2.18. The largest absolute Gasteiger partial charge is 0.298 e. The van der Waals surface area contributed by atoms with Gasteiger partial charge in [0.2, 0.25) is 0 Å². The van der Waals surface area contributed by atoms with Crippen LogP contribution in [0.2, 0.25) is 5.15 Å². The van der Waals surface area contributed by atoms with Gasteiger partial charge in [0.05, 0.1) is 5.56 Å². The molecule has 3 rings (SSSR count). The van der Waals surface area contributed by atoms with Crippen LogP contribution in [0.3, 0.4) is 0 Å². The van der Waals surface area contributed by atoms with Crippen LogP contribution < -0.4 is 0 Å². The summed E-state index contributed by atoms with van der Waals surface area (Å²) < 4.78 is 3.54. The van der Waals surface area contributed by atoms with E-state index in [0.29, 0.717) is 28.6 Å². The fourth-order valence-corrected chi connectivity index (χ4v) is 2.32. The number of aldehydes is 1. The zero-order chi connectivity index (χ0) is 13.4. The maximum Gasteiger partial charge on any atom is 0.157 e. The molecule has 96 valence electrons. The number of hydrogen-bond donors (Lipinski definition) is 0. The lowest BCUT2D eigenvalue weighted by Crippen LogP contribution is -1.95. The van der Waals surface area contributed by atoms with E-state index in [9.17, 15) is 4.79 Å². The van der Waals surface area contributed by atoms with Gasteiger partial charge in [-0.15, -0.1) is 0 Å². The van der Waals surface area contributed by atoms with Crippen LogP contribution in [0.5, 0.6) is 0 Å². The second kappa shape index (κ2) is 4.51. The number of pyridine rings is 1. The van der Waals surface area contributed by atoms with E-state index in [2.05, 4.69) is 10.1 Å². The monoisotopic (exact) mass is 274 g/mol. The summed E-state index contributed by atoms with van der Waals surface area (Å²) in [6.07, 6.45) is 4.34. The number of aromatic nitrogens is 4. The van der Waals surface area contributed by atoms with Crippen LogP contribution in [0.15, 0.2) is 30.6 Å². The van der Waals surface area contributed by atoms with Crippen LogP contribution in [-0.2, 0) is 6.54 Å². The van der Waals surface area contributed by atoms with Gasteiger partial charge in [-0.05, 0) is 19.1 Å². The maximum atomic E-state index is 11.2. The highest BCUT2D eigenvalue weighted by molar-refractivity contribution is 6.32. The molecule has 3 aromatic heterocycles. The van der Waals surface area contributed by atoms with Gasteiger partial charge in [-0.25, -0.2) is 4.98 Å². The summed E-state index contributed by atoms with van der Waals surface area (Å²) in [7, 11) is 0. The Morgan fingerprint density at radius 3 is 3.00 bits per heavy atom. The minimum atomic E-state index is 0.343. The lowest BCUT2D eigenvalue weighted by Gasteiger charge is -1.99. The fraction of sp³-hybridized carbons (Fsp3) is 0.154.